The average Bonchev–Trinajstić information content (AvgIpc) is 2.46. The first kappa shape index (κ1) is 16.8. The molecule has 0 aliphatic heterocycles. The first-order valence-corrected chi connectivity index (χ1v) is 7.28. The largest absolute Gasteiger partial charge is 0.490 e. The highest BCUT2D eigenvalue weighted by Gasteiger charge is 2.21. The lowest BCUT2D eigenvalue weighted by atomic mass is 10.0. The van der Waals surface area contributed by atoms with Crippen LogP contribution in [0.4, 0.5) is 0 Å². The highest BCUT2D eigenvalue weighted by atomic mass is 16.5. The molecular weight excluding hydrogens is 256 g/mol. The average molecular weight is 282 g/mol. The van der Waals surface area contributed by atoms with Crippen LogP contribution in [0.1, 0.15) is 45.3 Å². The predicted molar refractivity (Wildman–Crippen MR) is 79.4 cm³/mol. The number of methoxy groups -OCH3 is 1. The molecule has 0 spiro atoms. The topological polar surface area (TPSA) is 47.9 Å². The van der Waals surface area contributed by atoms with E-state index in [9.17, 15) is 5.11 Å². The summed E-state index contributed by atoms with van der Waals surface area (Å²) in [6, 6.07) is 5.53. The monoisotopic (exact) mass is 282 g/mol. The Bertz CT molecular complexity index is 392. The second-order valence-corrected chi connectivity index (χ2v) is 4.58. The normalized spacial score (nSPS) is 13.8. The van der Waals surface area contributed by atoms with Gasteiger partial charge < -0.3 is 19.3 Å². The molecule has 1 aromatic carbocycles. The number of hydrogen-bond acceptors (Lipinski definition) is 4. The van der Waals surface area contributed by atoms with E-state index in [0.29, 0.717) is 24.7 Å². The van der Waals surface area contributed by atoms with E-state index in [0.717, 1.165) is 18.4 Å². The minimum atomic E-state index is -0.658. The summed E-state index contributed by atoms with van der Waals surface area (Å²) in [5, 5.41) is 10.4. The van der Waals surface area contributed by atoms with Gasteiger partial charge in [-0.1, -0.05) is 19.4 Å². The first-order chi connectivity index (χ1) is 9.67. The van der Waals surface area contributed by atoms with Gasteiger partial charge in [0.1, 0.15) is 6.10 Å². The molecule has 0 aromatic heterocycles. The van der Waals surface area contributed by atoms with Gasteiger partial charge in [-0.25, -0.2) is 0 Å². The van der Waals surface area contributed by atoms with Crippen molar-refractivity contribution in [3.8, 4) is 11.5 Å². The summed E-state index contributed by atoms with van der Waals surface area (Å²) in [7, 11) is 1.63. The molecule has 0 saturated carbocycles. The van der Waals surface area contributed by atoms with Crippen molar-refractivity contribution in [3.63, 3.8) is 0 Å². The second-order valence-electron chi connectivity index (χ2n) is 4.58. The van der Waals surface area contributed by atoms with Crippen LogP contribution in [0.3, 0.4) is 0 Å². The summed E-state index contributed by atoms with van der Waals surface area (Å²) in [5.74, 6) is 1.37. The van der Waals surface area contributed by atoms with Crippen molar-refractivity contribution >= 4 is 0 Å². The Balaban J connectivity index is 2.97. The zero-order valence-electron chi connectivity index (χ0n) is 12.9. The quantitative estimate of drug-likeness (QED) is 0.754. The highest BCUT2D eigenvalue weighted by molar-refractivity contribution is 5.43. The summed E-state index contributed by atoms with van der Waals surface area (Å²) in [6.07, 6.45) is 0.919. The van der Waals surface area contributed by atoms with Crippen molar-refractivity contribution in [2.45, 2.75) is 45.8 Å². The van der Waals surface area contributed by atoms with Gasteiger partial charge in [0.25, 0.3) is 0 Å². The van der Waals surface area contributed by atoms with Crippen LogP contribution in [-0.4, -0.2) is 31.5 Å². The highest BCUT2D eigenvalue weighted by Crippen LogP contribution is 2.32. The van der Waals surface area contributed by atoms with Gasteiger partial charge in [0, 0.05) is 7.11 Å². The molecule has 2 unspecified atom stereocenters. The minimum absolute atomic E-state index is 0.201. The smallest absolute Gasteiger partial charge is 0.161 e. The Morgan fingerprint density at radius 2 is 1.70 bits per heavy atom. The van der Waals surface area contributed by atoms with Gasteiger partial charge in [-0.2, -0.15) is 0 Å². The van der Waals surface area contributed by atoms with Crippen molar-refractivity contribution in [2.24, 2.45) is 0 Å². The Morgan fingerprint density at radius 3 is 2.25 bits per heavy atom. The number of rotatable bonds is 9. The zero-order valence-corrected chi connectivity index (χ0v) is 12.9. The molecule has 2 atom stereocenters. The number of ether oxygens (including phenoxy) is 3. The van der Waals surface area contributed by atoms with Crippen molar-refractivity contribution in [1.82, 2.24) is 0 Å². The molecule has 0 bridgehead atoms. The summed E-state index contributed by atoms with van der Waals surface area (Å²) < 4.78 is 16.5. The van der Waals surface area contributed by atoms with Gasteiger partial charge in [-0.3, -0.25) is 0 Å². The van der Waals surface area contributed by atoms with E-state index in [1.807, 2.05) is 32.0 Å². The van der Waals surface area contributed by atoms with Crippen LogP contribution >= 0.6 is 0 Å². The number of aliphatic hydroxyl groups excluding tert-OH is 1. The van der Waals surface area contributed by atoms with Gasteiger partial charge in [0.15, 0.2) is 11.5 Å². The first-order valence-electron chi connectivity index (χ1n) is 7.28. The van der Waals surface area contributed by atoms with Crippen LogP contribution in [0.2, 0.25) is 0 Å². The summed E-state index contributed by atoms with van der Waals surface area (Å²) >= 11 is 0. The maximum Gasteiger partial charge on any atom is 0.161 e. The SMILES string of the molecule is CCCC(OC)C(O)c1ccc(OCC)c(OCC)c1. The van der Waals surface area contributed by atoms with Crippen molar-refractivity contribution in [2.75, 3.05) is 20.3 Å². The molecule has 1 aromatic rings. The van der Waals surface area contributed by atoms with Crippen molar-refractivity contribution in [1.29, 1.82) is 0 Å². The molecule has 114 valence electrons. The lowest BCUT2D eigenvalue weighted by molar-refractivity contribution is -0.0180. The molecule has 0 aliphatic carbocycles. The third kappa shape index (κ3) is 4.39. The van der Waals surface area contributed by atoms with Crippen LogP contribution in [0.15, 0.2) is 18.2 Å². The predicted octanol–water partition coefficient (Wildman–Crippen LogP) is 3.33. The fourth-order valence-electron chi connectivity index (χ4n) is 2.16. The molecule has 20 heavy (non-hydrogen) atoms. The number of benzene rings is 1. The van der Waals surface area contributed by atoms with Crippen molar-refractivity contribution in [3.05, 3.63) is 23.8 Å². The van der Waals surface area contributed by atoms with E-state index >= 15 is 0 Å². The molecule has 1 rings (SSSR count). The minimum Gasteiger partial charge on any atom is -0.490 e. The fourth-order valence-corrected chi connectivity index (χ4v) is 2.16. The van der Waals surface area contributed by atoms with E-state index < -0.39 is 6.10 Å². The van der Waals surface area contributed by atoms with Gasteiger partial charge in [0.2, 0.25) is 0 Å². The van der Waals surface area contributed by atoms with Gasteiger partial charge in [-0.05, 0) is 38.0 Å². The Kier molecular flexibility index (Phi) is 7.41. The summed E-state index contributed by atoms with van der Waals surface area (Å²) in [6.45, 7) is 7.07. The maximum atomic E-state index is 10.4. The van der Waals surface area contributed by atoms with E-state index in [2.05, 4.69) is 6.92 Å². The summed E-state index contributed by atoms with van der Waals surface area (Å²) in [4.78, 5) is 0. The van der Waals surface area contributed by atoms with Gasteiger partial charge in [-0.15, -0.1) is 0 Å². The van der Waals surface area contributed by atoms with Crippen LogP contribution in [0.5, 0.6) is 11.5 Å². The fraction of sp³-hybridized carbons (Fsp3) is 0.625. The lowest BCUT2D eigenvalue weighted by Crippen LogP contribution is -2.20. The van der Waals surface area contributed by atoms with Crippen LogP contribution < -0.4 is 9.47 Å². The molecule has 0 aliphatic rings. The van der Waals surface area contributed by atoms with Crippen LogP contribution in [-0.2, 0) is 4.74 Å². The van der Waals surface area contributed by atoms with E-state index in [-0.39, 0.29) is 6.10 Å². The second kappa shape index (κ2) is 8.82. The number of aliphatic hydroxyl groups is 1. The standard InChI is InChI=1S/C16H26O4/c1-5-8-14(18-4)16(17)12-9-10-13(19-6-2)15(11-12)20-7-3/h9-11,14,16-17H,5-8H2,1-4H3. The molecule has 0 saturated heterocycles. The Labute approximate surface area is 121 Å². The number of hydrogen-bond donors (Lipinski definition) is 1. The molecule has 0 heterocycles. The third-order valence-electron chi connectivity index (χ3n) is 3.14. The molecule has 0 fully saturated rings. The van der Waals surface area contributed by atoms with E-state index in [1.165, 1.54) is 0 Å². The summed E-state index contributed by atoms with van der Waals surface area (Å²) in [5.41, 5.74) is 0.789. The van der Waals surface area contributed by atoms with Crippen LogP contribution in [0.25, 0.3) is 0 Å². The van der Waals surface area contributed by atoms with Crippen LogP contribution in [0, 0.1) is 0 Å². The maximum absolute atomic E-state index is 10.4. The van der Waals surface area contributed by atoms with E-state index in [1.54, 1.807) is 7.11 Å². The Hall–Kier alpha value is -1.26. The lowest BCUT2D eigenvalue weighted by Gasteiger charge is -2.22. The van der Waals surface area contributed by atoms with Gasteiger partial charge >= 0.3 is 0 Å². The zero-order chi connectivity index (χ0) is 15.0. The van der Waals surface area contributed by atoms with Gasteiger partial charge in [0.05, 0.1) is 19.3 Å². The third-order valence-corrected chi connectivity index (χ3v) is 3.14. The molecule has 4 nitrogen and oxygen atoms in total. The Morgan fingerprint density at radius 1 is 1.05 bits per heavy atom. The molecule has 4 heteroatoms. The molecular formula is C16H26O4. The molecule has 0 amide bonds. The van der Waals surface area contributed by atoms with Crippen molar-refractivity contribution < 1.29 is 19.3 Å². The molecule has 0 radical (unpaired) electrons. The molecule has 1 N–H and O–H groups in total. The van der Waals surface area contributed by atoms with E-state index in [4.69, 9.17) is 14.2 Å².